The van der Waals surface area contributed by atoms with Crippen molar-refractivity contribution in [1.82, 2.24) is 15.0 Å². The second kappa shape index (κ2) is 7.20. The molecule has 2 fully saturated rings. The van der Waals surface area contributed by atoms with Gasteiger partial charge < -0.3 is 14.7 Å². The zero-order valence-electron chi connectivity index (χ0n) is 16.0. The van der Waals surface area contributed by atoms with Gasteiger partial charge >= 0.3 is 0 Å². The topological polar surface area (TPSA) is 63.4 Å². The Morgan fingerprint density at radius 1 is 1.33 bits per heavy atom. The molecule has 0 spiro atoms. The molecule has 146 valence electrons. The molecule has 27 heavy (non-hydrogen) atoms. The normalized spacial score (nSPS) is 21.9. The molecule has 1 aromatic heterocycles. The van der Waals surface area contributed by atoms with E-state index in [9.17, 15) is 9.50 Å². The molecule has 0 unspecified atom stereocenters. The maximum atomic E-state index is 14.7. The molecule has 0 saturated carbocycles. The predicted molar refractivity (Wildman–Crippen MR) is 101 cm³/mol. The number of aliphatic hydroxyl groups excluding tert-OH is 1. The number of aliphatic hydroxyl groups is 1. The summed E-state index contributed by atoms with van der Waals surface area (Å²) in [6.07, 6.45) is 5.40. The molecule has 2 aliphatic rings. The highest BCUT2D eigenvalue weighted by Crippen LogP contribution is 2.37. The molecule has 2 aromatic rings. The van der Waals surface area contributed by atoms with E-state index in [0.29, 0.717) is 31.0 Å². The van der Waals surface area contributed by atoms with Gasteiger partial charge in [-0.05, 0) is 43.9 Å². The van der Waals surface area contributed by atoms with Crippen LogP contribution in [0.4, 0.5) is 10.1 Å². The third kappa shape index (κ3) is 3.71. The van der Waals surface area contributed by atoms with Crippen LogP contribution in [0.2, 0.25) is 0 Å². The van der Waals surface area contributed by atoms with E-state index >= 15 is 0 Å². The smallest absolute Gasteiger partial charge is 0.147 e. The molecule has 0 amide bonds. The number of hydrogen-bond acceptors (Lipinski definition) is 5. The third-order valence-corrected chi connectivity index (χ3v) is 5.64. The lowest BCUT2D eigenvalue weighted by Crippen LogP contribution is -2.57. The average molecular weight is 374 g/mol. The first-order valence-corrected chi connectivity index (χ1v) is 9.65. The van der Waals surface area contributed by atoms with E-state index in [4.69, 9.17) is 4.74 Å². The van der Waals surface area contributed by atoms with Gasteiger partial charge in [0, 0.05) is 30.7 Å². The van der Waals surface area contributed by atoms with Crippen molar-refractivity contribution in [2.45, 2.75) is 45.8 Å². The minimum absolute atomic E-state index is 0.121. The van der Waals surface area contributed by atoms with Crippen LogP contribution in [0.15, 0.2) is 18.3 Å². The lowest BCUT2D eigenvalue weighted by atomic mass is 9.82. The molecule has 1 aromatic carbocycles. The Labute approximate surface area is 158 Å². The van der Waals surface area contributed by atoms with Crippen LogP contribution in [0.25, 0.3) is 11.3 Å². The molecule has 0 aliphatic carbocycles. The van der Waals surface area contributed by atoms with Crippen molar-refractivity contribution in [2.75, 3.05) is 31.2 Å². The quantitative estimate of drug-likeness (QED) is 0.872. The number of ether oxygens (including phenoxy) is 1. The van der Waals surface area contributed by atoms with E-state index in [-0.39, 0.29) is 23.9 Å². The average Bonchev–Trinajstić information content (AvgIpc) is 3.10. The third-order valence-electron chi connectivity index (χ3n) is 5.64. The molecule has 0 radical (unpaired) electrons. The predicted octanol–water partition coefficient (Wildman–Crippen LogP) is 2.78. The molecule has 1 N–H and O–H groups in total. The van der Waals surface area contributed by atoms with Crippen molar-refractivity contribution in [3.8, 4) is 11.3 Å². The Hall–Kier alpha value is -1.99. The second-order valence-electron chi connectivity index (χ2n) is 8.26. The molecule has 6 nitrogen and oxygen atoms in total. The van der Waals surface area contributed by atoms with Gasteiger partial charge in [-0.1, -0.05) is 12.1 Å². The van der Waals surface area contributed by atoms with Crippen molar-refractivity contribution in [1.29, 1.82) is 0 Å². The van der Waals surface area contributed by atoms with Crippen LogP contribution in [0.1, 0.15) is 31.7 Å². The summed E-state index contributed by atoms with van der Waals surface area (Å²) in [5.41, 5.74) is 2.85. The fourth-order valence-corrected chi connectivity index (χ4v) is 4.00. The van der Waals surface area contributed by atoms with Crippen LogP contribution in [-0.4, -0.2) is 52.5 Å². The number of rotatable bonds is 5. The molecule has 3 heterocycles. The van der Waals surface area contributed by atoms with E-state index in [1.165, 1.54) is 6.42 Å². The molecule has 4 rings (SSSR count). The zero-order chi connectivity index (χ0) is 19.0. The molecule has 0 bridgehead atoms. The van der Waals surface area contributed by atoms with E-state index < -0.39 is 0 Å². The van der Waals surface area contributed by atoms with Crippen LogP contribution in [0.3, 0.4) is 0 Å². The number of anilines is 1. The van der Waals surface area contributed by atoms with Crippen molar-refractivity contribution < 1.29 is 14.2 Å². The minimum Gasteiger partial charge on any atom is -0.396 e. The molecular weight excluding hydrogens is 347 g/mol. The summed E-state index contributed by atoms with van der Waals surface area (Å²) < 4.78 is 22.3. The largest absolute Gasteiger partial charge is 0.396 e. The Kier molecular flexibility index (Phi) is 4.90. The summed E-state index contributed by atoms with van der Waals surface area (Å²) in [5.74, 6) is -0.263. The number of benzene rings is 1. The highest BCUT2D eigenvalue weighted by Gasteiger charge is 2.39. The van der Waals surface area contributed by atoms with Gasteiger partial charge in [-0.25, -0.2) is 9.07 Å². The Balaban J connectivity index is 1.50. The van der Waals surface area contributed by atoms with E-state index in [1.54, 1.807) is 10.7 Å². The molecule has 2 saturated heterocycles. The number of halogens is 1. The number of hydrogen-bond donors (Lipinski definition) is 1. The first-order chi connectivity index (χ1) is 13.0. The van der Waals surface area contributed by atoms with Gasteiger partial charge in [0.2, 0.25) is 0 Å². The molecule has 2 aliphatic heterocycles. The summed E-state index contributed by atoms with van der Waals surface area (Å²) in [5, 5.41) is 17.8. The van der Waals surface area contributed by atoms with Crippen molar-refractivity contribution in [3.05, 3.63) is 29.7 Å². The SMILES string of the molecule is Cc1cc(N2CC(C)(CO)C2)c(F)cc1-c1cn(C[C@@H]2CCCCO2)nn1. The summed E-state index contributed by atoms with van der Waals surface area (Å²) in [6.45, 7) is 6.91. The number of aromatic nitrogens is 3. The Morgan fingerprint density at radius 2 is 2.15 bits per heavy atom. The highest BCUT2D eigenvalue weighted by atomic mass is 19.1. The number of aryl methyl sites for hydroxylation is 1. The minimum atomic E-state index is -0.263. The fraction of sp³-hybridized carbons (Fsp3) is 0.600. The summed E-state index contributed by atoms with van der Waals surface area (Å²) >= 11 is 0. The first-order valence-electron chi connectivity index (χ1n) is 9.65. The van der Waals surface area contributed by atoms with E-state index in [0.717, 1.165) is 30.6 Å². The summed E-state index contributed by atoms with van der Waals surface area (Å²) in [7, 11) is 0. The van der Waals surface area contributed by atoms with Crippen molar-refractivity contribution in [2.24, 2.45) is 5.41 Å². The van der Waals surface area contributed by atoms with Crippen LogP contribution in [0.5, 0.6) is 0 Å². The lowest BCUT2D eigenvalue weighted by Gasteiger charge is -2.48. The van der Waals surface area contributed by atoms with Gasteiger partial charge in [0.1, 0.15) is 11.5 Å². The fourth-order valence-electron chi connectivity index (χ4n) is 4.00. The summed E-state index contributed by atoms with van der Waals surface area (Å²) in [6, 6.07) is 3.41. The van der Waals surface area contributed by atoms with Crippen LogP contribution >= 0.6 is 0 Å². The number of nitrogens with zero attached hydrogens (tertiary/aromatic N) is 4. The zero-order valence-corrected chi connectivity index (χ0v) is 16.0. The Morgan fingerprint density at radius 3 is 2.85 bits per heavy atom. The van der Waals surface area contributed by atoms with Gasteiger partial charge in [0.15, 0.2) is 0 Å². The monoisotopic (exact) mass is 374 g/mol. The van der Waals surface area contributed by atoms with Crippen molar-refractivity contribution >= 4 is 5.69 Å². The molecular formula is C20H27FN4O2. The van der Waals surface area contributed by atoms with Gasteiger partial charge in [-0.15, -0.1) is 5.10 Å². The Bertz CT molecular complexity index is 810. The van der Waals surface area contributed by atoms with Crippen LogP contribution < -0.4 is 4.90 Å². The van der Waals surface area contributed by atoms with Crippen LogP contribution in [0, 0.1) is 18.2 Å². The lowest BCUT2D eigenvalue weighted by molar-refractivity contribution is 0.00370. The van der Waals surface area contributed by atoms with Crippen LogP contribution in [-0.2, 0) is 11.3 Å². The van der Waals surface area contributed by atoms with Crippen molar-refractivity contribution in [3.63, 3.8) is 0 Å². The van der Waals surface area contributed by atoms with E-state index in [2.05, 4.69) is 10.3 Å². The summed E-state index contributed by atoms with van der Waals surface area (Å²) in [4.78, 5) is 1.97. The molecule has 7 heteroatoms. The van der Waals surface area contributed by atoms with Gasteiger partial charge in [0.05, 0.1) is 31.1 Å². The van der Waals surface area contributed by atoms with E-state index in [1.807, 2.05) is 31.0 Å². The molecule has 1 atom stereocenters. The van der Waals surface area contributed by atoms with Gasteiger partial charge in [-0.3, -0.25) is 0 Å². The standard InChI is InChI=1S/C20H27FN4O2/c1-14-7-19(24-11-20(2,12-24)13-26)17(21)8-16(14)18-10-25(23-22-18)9-15-5-3-4-6-27-15/h7-8,10,15,26H,3-6,9,11-13H2,1-2H3/t15-/m0/s1. The maximum absolute atomic E-state index is 14.7. The highest BCUT2D eigenvalue weighted by molar-refractivity contribution is 5.68. The van der Waals surface area contributed by atoms with Gasteiger partial charge in [0.25, 0.3) is 0 Å². The second-order valence-corrected chi connectivity index (χ2v) is 8.26. The first kappa shape index (κ1) is 18.4. The maximum Gasteiger partial charge on any atom is 0.147 e. The van der Waals surface area contributed by atoms with Gasteiger partial charge in [-0.2, -0.15) is 0 Å².